The Bertz CT molecular complexity index is 743. The molecule has 0 aliphatic heterocycles. The van der Waals surface area contributed by atoms with E-state index >= 15 is 0 Å². The maximum Gasteiger partial charge on any atom is 0.191 e. The van der Waals surface area contributed by atoms with E-state index in [2.05, 4.69) is 51.8 Å². The molecule has 0 bridgehead atoms. The Morgan fingerprint density at radius 3 is 2.57 bits per heavy atom. The summed E-state index contributed by atoms with van der Waals surface area (Å²) < 4.78 is 2.04. The number of hydrogen-bond donors (Lipinski definition) is 0. The van der Waals surface area contributed by atoms with Crippen molar-refractivity contribution in [1.29, 1.82) is 0 Å². The van der Waals surface area contributed by atoms with Gasteiger partial charge in [-0.1, -0.05) is 41.6 Å². The first kappa shape index (κ1) is 14.3. The zero-order valence-electron chi connectivity index (χ0n) is 12.2. The average Bonchev–Trinajstić information content (AvgIpc) is 3.04. The van der Waals surface area contributed by atoms with Crippen LogP contribution in [0.3, 0.4) is 0 Å². The normalized spacial score (nSPS) is 11.0. The first-order chi connectivity index (χ1) is 10.1. The zero-order valence-corrected chi connectivity index (χ0v) is 13.8. The molecule has 3 aromatic rings. The van der Waals surface area contributed by atoms with Crippen LogP contribution in [0, 0.1) is 13.8 Å². The molecule has 3 rings (SSSR count). The molecule has 0 aliphatic carbocycles. The van der Waals surface area contributed by atoms with Crippen LogP contribution in [0.2, 0.25) is 0 Å². The number of nitrogens with zero attached hydrogens (tertiary/aromatic N) is 4. The van der Waals surface area contributed by atoms with Crippen LogP contribution in [0.1, 0.15) is 16.3 Å². The number of thiazole rings is 1. The number of aromatic nitrogens is 4. The van der Waals surface area contributed by atoms with Crippen molar-refractivity contribution in [3.05, 3.63) is 45.9 Å². The van der Waals surface area contributed by atoms with Gasteiger partial charge in [0.1, 0.15) is 0 Å². The van der Waals surface area contributed by atoms with Crippen molar-refractivity contribution >= 4 is 23.1 Å². The van der Waals surface area contributed by atoms with Crippen molar-refractivity contribution in [2.45, 2.75) is 24.8 Å². The highest BCUT2D eigenvalue weighted by Crippen LogP contribution is 2.25. The first-order valence-corrected chi connectivity index (χ1v) is 8.50. The lowest BCUT2D eigenvalue weighted by Gasteiger charge is -2.03. The average molecular weight is 316 g/mol. The van der Waals surface area contributed by atoms with Gasteiger partial charge in [0.2, 0.25) is 0 Å². The molecule has 0 unspecified atom stereocenters. The van der Waals surface area contributed by atoms with Gasteiger partial charge in [0.15, 0.2) is 11.0 Å². The smallest absolute Gasteiger partial charge is 0.191 e. The summed E-state index contributed by atoms with van der Waals surface area (Å²) in [4.78, 5) is 4.47. The van der Waals surface area contributed by atoms with Crippen molar-refractivity contribution in [3.63, 3.8) is 0 Å². The molecule has 4 nitrogen and oxygen atoms in total. The standard InChI is InChI=1S/C15H16N4S2/c1-10-4-6-12(7-5-10)14-17-18-15(19(14)3)21-9-13-8-20-11(2)16-13/h4-8H,9H2,1-3H3. The molecular weight excluding hydrogens is 300 g/mol. The third-order valence-corrected chi connectivity index (χ3v) is 5.04. The van der Waals surface area contributed by atoms with Crippen molar-refractivity contribution in [1.82, 2.24) is 19.7 Å². The molecule has 2 aromatic heterocycles. The van der Waals surface area contributed by atoms with Crippen LogP contribution < -0.4 is 0 Å². The third-order valence-electron chi connectivity index (χ3n) is 3.16. The minimum absolute atomic E-state index is 0.824. The van der Waals surface area contributed by atoms with Gasteiger partial charge in [-0.05, 0) is 13.8 Å². The SMILES string of the molecule is Cc1ccc(-c2nnc(SCc3csc(C)n3)n2C)cc1. The molecule has 21 heavy (non-hydrogen) atoms. The highest BCUT2D eigenvalue weighted by atomic mass is 32.2. The Morgan fingerprint density at radius 1 is 1.14 bits per heavy atom. The molecule has 1 aromatic carbocycles. The molecular formula is C15H16N4S2. The van der Waals surface area contributed by atoms with Crippen LogP contribution in [0.15, 0.2) is 34.8 Å². The molecule has 0 spiro atoms. The Balaban J connectivity index is 1.77. The van der Waals surface area contributed by atoms with Crippen LogP contribution in [0.4, 0.5) is 0 Å². The lowest BCUT2D eigenvalue weighted by atomic mass is 10.1. The van der Waals surface area contributed by atoms with Gasteiger partial charge in [-0.15, -0.1) is 21.5 Å². The van der Waals surface area contributed by atoms with Crippen LogP contribution >= 0.6 is 23.1 Å². The van der Waals surface area contributed by atoms with Crippen LogP contribution in [-0.4, -0.2) is 19.7 Å². The van der Waals surface area contributed by atoms with Crippen molar-refractivity contribution in [2.75, 3.05) is 0 Å². The molecule has 0 fully saturated rings. The lowest BCUT2D eigenvalue weighted by Crippen LogP contribution is -1.95. The van der Waals surface area contributed by atoms with E-state index in [9.17, 15) is 0 Å². The topological polar surface area (TPSA) is 43.6 Å². The van der Waals surface area contributed by atoms with Gasteiger partial charge in [-0.2, -0.15) is 0 Å². The summed E-state index contributed by atoms with van der Waals surface area (Å²) >= 11 is 3.35. The van der Waals surface area contributed by atoms with Gasteiger partial charge >= 0.3 is 0 Å². The van der Waals surface area contributed by atoms with Crippen LogP contribution in [0.25, 0.3) is 11.4 Å². The molecule has 0 N–H and O–H groups in total. The molecule has 0 atom stereocenters. The van der Waals surface area contributed by atoms with Gasteiger partial charge in [-0.3, -0.25) is 0 Å². The van der Waals surface area contributed by atoms with Gasteiger partial charge in [-0.25, -0.2) is 4.98 Å². The quantitative estimate of drug-likeness (QED) is 0.686. The van der Waals surface area contributed by atoms with Gasteiger partial charge in [0, 0.05) is 23.7 Å². The van der Waals surface area contributed by atoms with Crippen molar-refractivity contribution < 1.29 is 0 Å². The maximum absolute atomic E-state index is 4.47. The Labute approximate surface area is 132 Å². The van der Waals surface area contributed by atoms with E-state index < -0.39 is 0 Å². The van der Waals surface area contributed by atoms with Crippen molar-refractivity contribution in [2.24, 2.45) is 7.05 Å². The van der Waals surface area contributed by atoms with E-state index in [0.29, 0.717) is 0 Å². The summed E-state index contributed by atoms with van der Waals surface area (Å²) in [5.74, 6) is 1.72. The van der Waals surface area contributed by atoms with E-state index in [1.807, 2.05) is 18.5 Å². The summed E-state index contributed by atoms with van der Waals surface area (Å²) in [6, 6.07) is 8.35. The molecule has 0 aliphatic rings. The second-order valence-electron chi connectivity index (χ2n) is 4.88. The summed E-state index contributed by atoms with van der Waals surface area (Å²) in [7, 11) is 2.00. The Hall–Kier alpha value is -1.66. The van der Waals surface area contributed by atoms with E-state index in [4.69, 9.17) is 0 Å². The monoisotopic (exact) mass is 316 g/mol. The highest BCUT2D eigenvalue weighted by Gasteiger charge is 2.11. The predicted octanol–water partition coefficient (Wildman–Crippen LogP) is 3.85. The fraction of sp³-hybridized carbons (Fsp3) is 0.267. The second kappa shape index (κ2) is 5.99. The summed E-state index contributed by atoms with van der Waals surface area (Å²) in [5.41, 5.74) is 3.43. The maximum atomic E-state index is 4.47. The number of hydrogen-bond acceptors (Lipinski definition) is 5. The fourth-order valence-electron chi connectivity index (χ4n) is 2.01. The van der Waals surface area contributed by atoms with E-state index in [-0.39, 0.29) is 0 Å². The van der Waals surface area contributed by atoms with Crippen LogP contribution in [0.5, 0.6) is 0 Å². The minimum Gasteiger partial charge on any atom is -0.305 e. The molecule has 108 valence electrons. The lowest BCUT2D eigenvalue weighted by molar-refractivity contribution is 0.793. The number of rotatable bonds is 4. The first-order valence-electron chi connectivity index (χ1n) is 6.64. The number of thioether (sulfide) groups is 1. The van der Waals surface area contributed by atoms with E-state index in [1.165, 1.54) is 5.56 Å². The van der Waals surface area contributed by atoms with Crippen LogP contribution in [-0.2, 0) is 12.8 Å². The van der Waals surface area contributed by atoms with Gasteiger partial charge in [0.05, 0.1) is 10.7 Å². The number of aryl methyl sites for hydroxylation is 2. The Morgan fingerprint density at radius 2 is 1.90 bits per heavy atom. The van der Waals surface area contributed by atoms with E-state index in [1.54, 1.807) is 23.1 Å². The summed E-state index contributed by atoms with van der Waals surface area (Å²) in [5, 5.41) is 12.7. The molecule has 0 saturated carbocycles. The summed E-state index contributed by atoms with van der Waals surface area (Å²) in [6.07, 6.45) is 0. The number of benzene rings is 1. The fourth-order valence-corrected chi connectivity index (χ4v) is 3.53. The Kier molecular flexibility index (Phi) is 4.07. The molecule has 0 saturated heterocycles. The second-order valence-corrected chi connectivity index (χ2v) is 6.88. The highest BCUT2D eigenvalue weighted by molar-refractivity contribution is 7.98. The molecule has 2 heterocycles. The van der Waals surface area contributed by atoms with E-state index in [0.717, 1.165) is 33.0 Å². The third kappa shape index (κ3) is 3.16. The zero-order chi connectivity index (χ0) is 14.8. The largest absolute Gasteiger partial charge is 0.305 e. The molecule has 0 radical (unpaired) electrons. The van der Waals surface area contributed by atoms with Crippen molar-refractivity contribution in [3.8, 4) is 11.4 Å². The predicted molar refractivity (Wildman–Crippen MR) is 87.6 cm³/mol. The van der Waals surface area contributed by atoms with Gasteiger partial charge < -0.3 is 4.57 Å². The van der Waals surface area contributed by atoms with Gasteiger partial charge in [0.25, 0.3) is 0 Å². The minimum atomic E-state index is 0.824. The molecule has 0 amide bonds. The summed E-state index contributed by atoms with van der Waals surface area (Å²) in [6.45, 7) is 4.11. The molecule has 6 heteroatoms.